The van der Waals surface area contributed by atoms with Gasteiger partial charge in [0.25, 0.3) is 0 Å². The fourth-order valence-corrected chi connectivity index (χ4v) is 2.47. The van der Waals surface area contributed by atoms with Gasteiger partial charge in [-0.3, -0.25) is 0 Å². The Kier molecular flexibility index (Phi) is 5.00. The van der Waals surface area contributed by atoms with E-state index >= 15 is 0 Å². The second-order valence-corrected chi connectivity index (χ2v) is 5.78. The summed E-state index contributed by atoms with van der Waals surface area (Å²) in [5.41, 5.74) is 2.44. The Bertz CT molecular complexity index is 881. The van der Waals surface area contributed by atoms with Crippen LogP contribution in [0.2, 0.25) is 0 Å². The summed E-state index contributed by atoms with van der Waals surface area (Å²) in [7, 11) is 0. The van der Waals surface area contributed by atoms with Gasteiger partial charge in [-0.15, -0.1) is 0 Å². The second kappa shape index (κ2) is 7.54. The quantitative estimate of drug-likeness (QED) is 0.713. The molecule has 1 heterocycles. The number of aromatic nitrogens is 1. The van der Waals surface area contributed by atoms with E-state index in [1.54, 1.807) is 0 Å². The van der Waals surface area contributed by atoms with E-state index in [1.807, 2.05) is 68.4 Å². The fraction of sp³-hybridized carbons (Fsp3) is 0.200. The van der Waals surface area contributed by atoms with Gasteiger partial charge in [-0.1, -0.05) is 42.5 Å². The first-order chi connectivity index (χ1) is 12.2. The number of oxazole rings is 1. The third kappa shape index (κ3) is 4.18. The molecule has 126 valence electrons. The van der Waals surface area contributed by atoms with Crippen LogP contribution in [0, 0.1) is 18.3 Å². The highest BCUT2D eigenvalue weighted by Crippen LogP contribution is 2.24. The van der Waals surface area contributed by atoms with E-state index in [-0.39, 0.29) is 18.3 Å². The van der Waals surface area contributed by atoms with Crippen molar-refractivity contribution in [2.45, 2.75) is 26.5 Å². The molecule has 0 spiro atoms. The summed E-state index contributed by atoms with van der Waals surface area (Å²) in [5.74, 6) is 1.46. The summed E-state index contributed by atoms with van der Waals surface area (Å²) >= 11 is 0. The van der Waals surface area contributed by atoms with E-state index in [0.29, 0.717) is 11.8 Å². The summed E-state index contributed by atoms with van der Waals surface area (Å²) in [4.78, 5) is 4.20. The molecule has 1 atom stereocenters. The predicted molar refractivity (Wildman–Crippen MR) is 95.2 cm³/mol. The summed E-state index contributed by atoms with van der Waals surface area (Å²) in [6.45, 7) is 4.17. The molecular formula is C20H19N3O2. The number of ether oxygens (including phenoxy) is 1. The van der Waals surface area contributed by atoms with Crippen LogP contribution in [0.3, 0.4) is 0 Å². The minimum absolute atomic E-state index is 0.00760. The highest BCUT2D eigenvalue weighted by Gasteiger charge is 2.16. The maximum absolute atomic E-state index is 9.28. The smallest absolute Gasteiger partial charge is 0.236 e. The second-order valence-electron chi connectivity index (χ2n) is 5.78. The minimum Gasteiger partial charge on any atom is -0.484 e. The average Bonchev–Trinajstić information content (AvgIpc) is 3.02. The lowest BCUT2D eigenvalue weighted by molar-refractivity contribution is 0.264. The van der Waals surface area contributed by atoms with Gasteiger partial charge in [-0.2, -0.15) is 10.2 Å². The minimum atomic E-state index is -0.00760. The molecule has 5 nitrogen and oxygen atoms in total. The van der Waals surface area contributed by atoms with Crippen molar-refractivity contribution in [3.8, 4) is 11.8 Å². The van der Waals surface area contributed by atoms with E-state index in [0.717, 1.165) is 16.9 Å². The molecule has 3 aromatic rings. The van der Waals surface area contributed by atoms with Crippen LogP contribution in [0.1, 0.15) is 35.7 Å². The molecule has 0 bridgehead atoms. The lowest BCUT2D eigenvalue weighted by atomic mass is 10.1. The Balaban J connectivity index is 1.70. The first kappa shape index (κ1) is 16.6. The molecule has 0 radical (unpaired) electrons. The van der Waals surface area contributed by atoms with Crippen LogP contribution in [-0.4, -0.2) is 4.98 Å². The Morgan fingerprint density at radius 2 is 2.00 bits per heavy atom. The van der Waals surface area contributed by atoms with Crippen molar-refractivity contribution in [2.24, 2.45) is 0 Å². The Labute approximate surface area is 146 Å². The topological polar surface area (TPSA) is 71.1 Å². The van der Waals surface area contributed by atoms with E-state index < -0.39 is 0 Å². The van der Waals surface area contributed by atoms with Gasteiger partial charge < -0.3 is 14.5 Å². The molecule has 3 rings (SSSR count). The van der Waals surface area contributed by atoms with Crippen LogP contribution in [0.15, 0.2) is 59.0 Å². The van der Waals surface area contributed by atoms with Crippen LogP contribution < -0.4 is 10.1 Å². The van der Waals surface area contributed by atoms with Crippen molar-refractivity contribution in [3.05, 3.63) is 77.3 Å². The fourth-order valence-electron chi connectivity index (χ4n) is 2.47. The summed E-state index contributed by atoms with van der Waals surface area (Å²) in [5, 5.41) is 12.5. The van der Waals surface area contributed by atoms with E-state index in [4.69, 9.17) is 9.15 Å². The Hall–Kier alpha value is -3.26. The third-order valence-electron chi connectivity index (χ3n) is 3.78. The number of nitriles is 1. The summed E-state index contributed by atoms with van der Waals surface area (Å²) < 4.78 is 11.4. The molecule has 0 fully saturated rings. The molecular weight excluding hydrogens is 314 g/mol. The lowest BCUT2D eigenvalue weighted by Gasteiger charge is -2.13. The monoisotopic (exact) mass is 333 g/mol. The van der Waals surface area contributed by atoms with Crippen molar-refractivity contribution in [2.75, 3.05) is 5.32 Å². The van der Waals surface area contributed by atoms with Crippen molar-refractivity contribution >= 4 is 5.88 Å². The lowest BCUT2D eigenvalue weighted by Crippen LogP contribution is -2.06. The molecule has 1 aromatic heterocycles. The maximum Gasteiger partial charge on any atom is 0.236 e. The van der Waals surface area contributed by atoms with E-state index in [2.05, 4.69) is 16.4 Å². The van der Waals surface area contributed by atoms with Crippen molar-refractivity contribution < 1.29 is 9.15 Å². The largest absolute Gasteiger partial charge is 0.484 e. The van der Waals surface area contributed by atoms with Crippen LogP contribution in [0.25, 0.3) is 0 Å². The molecule has 0 aliphatic rings. The van der Waals surface area contributed by atoms with Gasteiger partial charge in [-0.25, -0.2) is 0 Å². The molecule has 0 saturated heterocycles. The number of nitrogens with one attached hydrogen (secondary N) is 1. The number of hydrogen-bond acceptors (Lipinski definition) is 5. The molecule has 0 aliphatic heterocycles. The van der Waals surface area contributed by atoms with Gasteiger partial charge in [0.2, 0.25) is 17.5 Å². The number of rotatable bonds is 6. The molecule has 2 aromatic carbocycles. The molecule has 5 heteroatoms. The van der Waals surface area contributed by atoms with Crippen molar-refractivity contribution in [1.29, 1.82) is 5.26 Å². The highest BCUT2D eigenvalue weighted by atomic mass is 16.5. The highest BCUT2D eigenvalue weighted by molar-refractivity contribution is 5.47. The van der Waals surface area contributed by atoms with Gasteiger partial charge in [0.05, 0.1) is 6.04 Å². The molecule has 0 amide bonds. The Morgan fingerprint density at radius 1 is 1.20 bits per heavy atom. The molecule has 1 unspecified atom stereocenters. The normalized spacial score (nSPS) is 11.6. The number of anilines is 1. The zero-order valence-electron chi connectivity index (χ0n) is 14.2. The number of aryl methyl sites for hydroxylation is 1. The average molecular weight is 333 g/mol. The zero-order valence-corrected chi connectivity index (χ0v) is 14.2. The molecule has 1 N–H and O–H groups in total. The SMILES string of the molecule is Cc1cccc(OCc2nc(C#N)c(NC(C)c3ccccc3)o2)c1. The summed E-state index contributed by atoms with van der Waals surface area (Å²) in [6.07, 6.45) is 0. The number of benzene rings is 2. The zero-order chi connectivity index (χ0) is 17.6. The van der Waals surface area contributed by atoms with Crippen LogP contribution >= 0.6 is 0 Å². The van der Waals surface area contributed by atoms with Crippen LogP contribution in [-0.2, 0) is 6.61 Å². The first-order valence-corrected chi connectivity index (χ1v) is 8.06. The molecule has 0 aliphatic carbocycles. The van der Waals surface area contributed by atoms with E-state index in [9.17, 15) is 5.26 Å². The van der Waals surface area contributed by atoms with Crippen LogP contribution in [0.5, 0.6) is 5.75 Å². The number of nitrogens with zero attached hydrogens (tertiary/aromatic N) is 2. The summed E-state index contributed by atoms with van der Waals surface area (Å²) in [6, 6.07) is 19.7. The van der Waals surface area contributed by atoms with Gasteiger partial charge in [0.15, 0.2) is 6.61 Å². The molecule has 0 saturated carbocycles. The van der Waals surface area contributed by atoms with Crippen molar-refractivity contribution in [3.63, 3.8) is 0 Å². The molecule has 25 heavy (non-hydrogen) atoms. The van der Waals surface area contributed by atoms with E-state index in [1.165, 1.54) is 0 Å². The van der Waals surface area contributed by atoms with Gasteiger partial charge in [-0.05, 0) is 37.1 Å². The maximum atomic E-state index is 9.28. The van der Waals surface area contributed by atoms with Gasteiger partial charge in [0.1, 0.15) is 11.8 Å². The van der Waals surface area contributed by atoms with Crippen LogP contribution in [0.4, 0.5) is 5.88 Å². The first-order valence-electron chi connectivity index (χ1n) is 8.06. The Morgan fingerprint density at radius 3 is 2.72 bits per heavy atom. The predicted octanol–water partition coefficient (Wildman–Crippen LogP) is 4.61. The standard InChI is InChI=1S/C20H19N3O2/c1-14-7-6-10-17(11-14)24-13-19-23-18(12-21)20(25-19)22-15(2)16-8-4-3-5-9-16/h3-11,15,22H,13H2,1-2H3. The number of hydrogen-bond donors (Lipinski definition) is 1. The van der Waals surface area contributed by atoms with Gasteiger partial charge in [0, 0.05) is 0 Å². The van der Waals surface area contributed by atoms with Crippen molar-refractivity contribution in [1.82, 2.24) is 4.98 Å². The third-order valence-corrected chi connectivity index (χ3v) is 3.78. The van der Waals surface area contributed by atoms with Gasteiger partial charge >= 0.3 is 0 Å².